The van der Waals surface area contributed by atoms with E-state index in [0.717, 1.165) is 10.2 Å². The number of nitrogens with one attached hydrogen (secondary N) is 1. The minimum absolute atomic E-state index is 0.0616. The van der Waals surface area contributed by atoms with E-state index in [0.29, 0.717) is 11.1 Å². The quantitative estimate of drug-likeness (QED) is 0.585. The van der Waals surface area contributed by atoms with E-state index in [9.17, 15) is 13.6 Å². The normalized spacial score (nSPS) is 10.8. The minimum Gasteiger partial charge on any atom is -0.493 e. The number of hydrogen-bond donors (Lipinski definition) is 1. The Hall–Kier alpha value is -2.94. The molecule has 0 fully saturated rings. The van der Waals surface area contributed by atoms with Crippen LogP contribution in [0.3, 0.4) is 0 Å². The molecule has 0 aliphatic rings. The standard InChI is InChI=1S/C19H16BrF2N3O3/c1-27-17-8-12(2-7-16(17)28-19(21)22)9-23-18(26)13-3-5-15(6-4-13)25-11-14(20)10-24-25/h2-8,10-11,19H,9H2,1H3,(H,23,26). The molecule has 6 nitrogen and oxygen atoms in total. The Kier molecular flexibility index (Phi) is 6.25. The highest BCUT2D eigenvalue weighted by Gasteiger charge is 2.12. The van der Waals surface area contributed by atoms with Crippen molar-refractivity contribution in [3.05, 3.63) is 70.5 Å². The van der Waals surface area contributed by atoms with Gasteiger partial charge in [0.25, 0.3) is 5.91 Å². The molecule has 2 aromatic carbocycles. The van der Waals surface area contributed by atoms with Crippen LogP contribution in [0.5, 0.6) is 11.5 Å². The first-order chi connectivity index (χ1) is 13.5. The molecule has 0 atom stereocenters. The first kappa shape index (κ1) is 19.8. The highest BCUT2D eigenvalue weighted by Crippen LogP contribution is 2.29. The Balaban J connectivity index is 1.63. The lowest BCUT2D eigenvalue weighted by Gasteiger charge is -2.12. The van der Waals surface area contributed by atoms with E-state index >= 15 is 0 Å². The molecule has 3 rings (SSSR count). The van der Waals surface area contributed by atoms with Crippen LogP contribution in [0.1, 0.15) is 15.9 Å². The minimum atomic E-state index is -2.94. The summed E-state index contributed by atoms with van der Waals surface area (Å²) in [7, 11) is 1.36. The fourth-order valence-electron chi connectivity index (χ4n) is 2.51. The second-order valence-corrected chi connectivity index (χ2v) is 6.61. The molecular formula is C19H16BrF2N3O3. The van der Waals surface area contributed by atoms with Crippen LogP contribution in [0.15, 0.2) is 59.3 Å². The first-order valence-electron chi connectivity index (χ1n) is 8.17. The maximum atomic E-state index is 12.4. The third kappa shape index (κ3) is 4.86. The summed E-state index contributed by atoms with van der Waals surface area (Å²) in [6.45, 7) is -2.73. The van der Waals surface area contributed by atoms with Gasteiger partial charge in [0.05, 0.1) is 23.5 Å². The number of alkyl halides is 2. The van der Waals surface area contributed by atoms with E-state index in [4.69, 9.17) is 4.74 Å². The van der Waals surface area contributed by atoms with Crippen molar-refractivity contribution in [2.75, 3.05) is 7.11 Å². The number of methoxy groups -OCH3 is 1. The van der Waals surface area contributed by atoms with E-state index in [1.807, 2.05) is 6.20 Å². The maximum Gasteiger partial charge on any atom is 0.387 e. The largest absolute Gasteiger partial charge is 0.493 e. The molecule has 0 radical (unpaired) electrons. The lowest BCUT2D eigenvalue weighted by atomic mass is 10.1. The van der Waals surface area contributed by atoms with Crippen molar-refractivity contribution in [1.29, 1.82) is 0 Å². The van der Waals surface area contributed by atoms with Gasteiger partial charge in [-0.2, -0.15) is 13.9 Å². The molecule has 0 aliphatic carbocycles. The zero-order valence-corrected chi connectivity index (χ0v) is 16.3. The molecule has 0 saturated heterocycles. The summed E-state index contributed by atoms with van der Waals surface area (Å²) in [5, 5.41) is 6.95. The van der Waals surface area contributed by atoms with Gasteiger partial charge >= 0.3 is 6.61 Å². The van der Waals surface area contributed by atoms with Crippen molar-refractivity contribution in [3.8, 4) is 17.2 Å². The van der Waals surface area contributed by atoms with E-state index in [2.05, 4.69) is 31.1 Å². The Morgan fingerprint density at radius 2 is 1.96 bits per heavy atom. The van der Waals surface area contributed by atoms with Crippen molar-refractivity contribution in [1.82, 2.24) is 15.1 Å². The van der Waals surface area contributed by atoms with E-state index < -0.39 is 6.61 Å². The van der Waals surface area contributed by atoms with Crippen molar-refractivity contribution in [2.24, 2.45) is 0 Å². The second-order valence-electron chi connectivity index (χ2n) is 5.70. The summed E-state index contributed by atoms with van der Waals surface area (Å²) in [5.74, 6) is -0.157. The zero-order chi connectivity index (χ0) is 20.1. The third-order valence-electron chi connectivity index (χ3n) is 3.84. The number of nitrogens with zero attached hydrogens (tertiary/aromatic N) is 2. The van der Waals surface area contributed by atoms with Crippen molar-refractivity contribution < 1.29 is 23.0 Å². The summed E-state index contributed by atoms with van der Waals surface area (Å²) < 4.78 is 36.7. The number of ether oxygens (including phenoxy) is 2. The van der Waals surface area contributed by atoms with Crippen molar-refractivity contribution >= 4 is 21.8 Å². The van der Waals surface area contributed by atoms with E-state index in [1.165, 1.54) is 19.2 Å². The summed E-state index contributed by atoms with van der Waals surface area (Å²) in [6, 6.07) is 11.5. The number of carbonyl (C=O) groups is 1. The zero-order valence-electron chi connectivity index (χ0n) is 14.7. The Labute approximate surface area is 168 Å². The molecule has 1 amide bonds. The molecule has 1 heterocycles. The number of carbonyl (C=O) groups excluding carboxylic acids is 1. The van der Waals surface area contributed by atoms with Crippen LogP contribution in [-0.2, 0) is 6.54 Å². The van der Waals surface area contributed by atoms with Gasteiger partial charge in [-0.3, -0.25) is 4.79 Å². The number of benzene rings is 2. The van der Waals surface area contributed by atoms with Crippen LogP contribution in [0, 0.1) is 0 Å². The summed E-state index contributed by atoms with van der Waals surface area (Å²) in [4.78, 5) is 12.3. The Bertz CT molecular complexity index is 961. The van der Waals surface area contributed by atoms with Gasteiger partial charge in [-0.1, -0.05) is 6.07 Å². The summed E-state index contributed by atoms with van der Waals surface area (Å²) in [5.41, 5.74) is 1.99. The topological polar surface area (TPSA) is 65.4 Å². The average Bonchev–Trinajstić information content (AvgIpc) is 3.13. The SMILES string of the molecule is COc1cc(CNC(=O)c2ccc(-n3cc(Br)cn3)cc2)ccc1OC(F)F. The average molecular weight is 452 g/mol. The van der Waals surface area contributed by atoms with Crippen molar-refractivity contribution in [2.45, 2.75) is 13.2 Å². The molecule has 9 heteroatoms. The van der Waals surface area contributed by atoms with Crippen LogP contribution in [0.4, 0.5) is 8.78 Å². The molecule has 0 bridgehead atoms. The molecule has 1 aromatic heterocycles. The molecule has 0 spiro atoms. The Morgan fingerprint density at radius 1 is 1.21 bits per heavy atom. The van der Waals surface area contributed by atoms with Crippen LogP contribution >= 0.6 is 15.9 Å². The highest BCUT2D eigenvalue weighted by molar-refractivity contribution is 9.10. The van der Waals surface area contributed by atoms with Crippen LogP contribution < -0.4 is 14.8 Å². The van der Waals surface area contributed by atoms with Crippen LogP contribution in [0.25, 0.3) is 5.69 Å². The fraction of sp³-hybridized carbons (Fsp3) is 0.158. The number of rotatable bonds is 7. The lowest BCUT2D eigenvalue weighted by Crippen LogP contribution is -2.22. The summed E-state index contributed by atoms with van der Waals surface area (Å²) in [6.07, 6.45) is 3.48. The van der Waals surface area contributed by atoms with Gasteiger partial charge in [-0.15, -0.1) is 0 Å². The second kappa shape index (κ2) is 8.83. The molecule has 146 valence electrons. The predicted molar refractivity (Wildman–Crippen MR) is 102 cm³/mol. The van der Waals surface area contributed by atoms with Gasteiger partial charge in [0.1, 0.15) is 0 Å². The fourth-order valence-corrected chi connectivity index (χ4v) is 2.79. The van der Waals surface area contributed by atoms with Gasteiger partial charge < -0.3 is 14.8 Å². The van der Waals surface area contributed by atoms with Gasteiger partial charge in [0, 0.05) is 18.3 Å². The molecule has 28 heavy (non-hydrogen) atoms. The molecule has 1 N–H and O–H groups in total. The molecule has 0 aliphatic heterocycles. The first-order valence-corrected chi connectivity index (χ1v) is 8.96. The van der Waals surface area contributed by atoms with Gasteiger partial charge in [-0.25, -0.2) is 4.68 Å². The number of amides is 1. The molecule has 3 aromatic rings. The van der Waals surface area contributed by atoms with Gasteiger partial charge in [0.15, 0.2) is 11.5 Å². The molecular weight excluding hydrogens is 436 g/mol. The van der Waals surface area contributed by atoms with Crippen molar-refractivity contribution in [3.63, 3.8) is 0 Å². The number of aromatic nitrogens is 2. The van der Waals surface area contributed by atoms with Gasteiger partial charge in [-0.05, 0) is 57.9 Å². The predicted octanol–water partition coefficient (Wildman–Crippen LogP) is 4.17. The smallest absolute Gasteiger partial charge is 0.387 e. The molecule has 0 saturated carbocycles. The van der Waals surface area contributed by atoms with E-state index in [1.54, 1.807) is 41.2 Å². The van der Waals surface area contributed by atoms with E-state index in [-0.39, 0.29) is 24.0 Å². The highest BCUT2D eigenvalue weighted by atomic mass is 79.9. The molecule has 0 unspecified atom stereocenters. The Morgan fingerprint density at radius 3 is 2.57 bits per heavy atom. The van der Waals surface area contributed by atoms with Gasteiger partial charge in [0.2, 0.25) is 0 Å². The lowest BCUT2D eigenvalue weighted by molar-refractivity contribution is -0.0512. The van der Waals surface area contributed by atoms with Crippen LogP contribution in [0.2, 0.25) is 0 Å². The summed E-state index contributed by atoms with van der Waals surface area (Å²) >= 11 is 3.33. The monoisotopic (exact) mass is 451 g/mol. The maximum absolute atomic E-state index is 12.4. The number of halogens is 3. The third-order valence-corrected chi connectivity index (χ3v) is 4.25. The van der Waals surface area contributed by atoms with Crippen LogP contribution in [-0.4, -0.2) is 29.4 Å². The number of hydrogen-bond acceptors (Lipinski definition) is 4.